The molecule has 12 aromatic rings. The van der Waals surface area contributed by atoms with Gasteiger partial charge in [0.2, 0.25) is 0 Å². The van der Waals surface area contributed by atoms with Crippen molar-refractivity contribution >= 4 is 304 Å². The number of rotatable bonds is 0. The molecule has 8 N–H and O–H groups in total. The molecule has 0 saturated heterocycles. The molecule has 32 bridgehead atoms. The van der Waals surface area contributed by atoms with Gasteiger partial charge in [-0.2, -0.15) is 0 Å². The molecular weight excluding hydrogens is 1280 g/mol. The van der Waals surface area contributed by atoms with Crippen LogP contribution in [0.1, 0.15) is 91.1 Å². The van der Waals surface area contributed by atoms with Gasteiger partial charge in [-0.05, 0) is 291 Å². The molecule has 8 aliphatic heterocycles. The minimum atomic E-state index is 0. The van der Waals surface area contributed by atoms with Crippen molar-refractivity contribution in [2.45, 2.75) is 0 Å². The number of fused-ring (bicyclic) bond motifs is 32. The van der Waals surface area contributed by atoms with Crippen LogP contribution in [-0.4, -0.2) is 198 Å². The van der Waals surface area contributed by atoms with Gasteiger partial charge >= 0.3 is 0 Å². The number of hydrogen-bond acceptors (Lipinski definition) is 8. The second-order valence-electron chi connectivity index (χ2n) is 23.6. The number of nitrogens with zero attached hydrogens (tertiary/aromatic N) is 8. The molecule has 8 aliphatic rings. The maximum absolute atomic E-state index is 4.63. The van der Waals surface area contributed by atoms with Crippen molar-refractivity contribution in [3.05, 3.63) is 285 Å². The molecule has 0 aliphatic carbocycles. The van der Waals surface area contributed by atoms with Crippen LogP contribution in [0.5, 0.6) is 0 Å². The zero-order valence-electron chi connectivity index (χ0n) is 55.3. The van der Waals surface area contributed by atoms with E-state index >= 15 is 0 Å². The summed E-state index contributed by atoms with van der Waals surface area (Å²) >= 11 is 0. The van der Waals surface area contributed by atoms with Crippen LogP contribution in [0.25, 0.3) is 185 Å². The largest absolute Gasteiger partial charge is 0.355 e. The van der Waals surface area contributed by atoms with E-state index in [1.807, 2.05) is 194 Å². The van der Waals surface area contributed by atoms with Crippen molar-refractivity contribution in [3.63, 3.8) is 0 Å². The third kappa shape index (κ3) is 17.2. The molecule has 0 saturated carbocycles. The first kappa shape index (κ1) is 68.9. The Morgan fingerprint density at radius 1 is 0.120 bits per heavy atom. The first-order valence-electron chi connectivity index (χ1n) is 31.4. The molecule has 0 amide bonds. The van der Waals surface area contributed by atoms with Crippen LogP contribution in [0.15, 0.2) is 194 Å². The Morgan fingerprint density at radius 3 is 0.260 bits per heavy atom. The Hall–Kier alpha value is -9.60. The van der Waals surface area contributed by atoms with E-state index in [0.717, 1.165) is 179 Å². The summed E-state index contributed by atoms with van der Waals surface area (Å²) in [6.45, 7) is 0. The van der Waals surface area contributed by atoms with Crippen LogP contribution >= 0.6 is 0 Å². The molecule has 20 heterocycles. The number of H-pyrrole nitrogens is 8. The third-order valence-corrected chi connectivity index (χ3v) is 16.2. The average Bonchev–Trinajstić information content (AvgIpc) is 1.72. The summed E-state index contributed by atoms with van der Waals surface area (Å²) in [4.78, 5) is 64.1. The summed E-state index contributed by atoms with van der Waals surface area (Å²) in [5.74, 6) is 0. The van der Waals surface area contributed by atoms with Gasteiger partial charge in [-0.15, -0.1) is 0 Å². The predicted octanol–water partition coefficient (Wildman–Crippen LogP) is 17.1. The van der Waals surface area contributed by atoms with Crippen molar-refractivity contribution < 1.29 is 0 Å². The van der Waals surface area contributed by atoms with E-state index in [1.54, 1.807) is 0 Å². The Kier molecular flexibility index (Phi) is 21.3. The zero-order valence-corrected chi connectivity index (χ0v) is 63.3. The van der Waals surface area contributed by atoms with Gasteiger partial charge in [0.15, 0.2) is 0 Å². The van der Waals surface area contributed by atoms with Crippen molar-refractivity contribution in [3.8, 4) is 0 Å². The van der Waals surface area contributed by atoms with E-state index < -0.39 is 0 Å². The normalized spacial score (nSPS) is 12.2. The molecule has 0 spiro atoms. The van der Waals surface area contributed by atoms with E-state index in [-0.39, 0.29) is 118 Å². The number of aromatic amines is 8. The number of aromatic nitrogens is 16. The van der Waals surface area contributed by atoms with Gasteiger partial charge < -0.3 is 39.9 Å². The van der Waals surface area contributed by atoms with Crippen LogP contribution in [0.2, 0.25) is 0 Å². The molecule has 16 nitrogen and oxygen atoms in total. The summed E-state index contributed by atoms with van der Waals surface area (Å²) in [6, 6.07) is 65.4. The second-order valence-corrected chi connectivity index (χ2v) is 23.6. The van der Waals surface area contributed by atoms with E-state index in [0.29, 0.717) is 0 Å². The summed E-state index contributed by atoms with van der Waals surface area (Å²) in [7, 11) is 0. The fourth-order valence-corrected chi connectivity index (χ4v) is 11.8. The van der Waals surface area contributed by atoms with Gasteiger partial charge in [-0.1, -0.05) is 0 Å². The van der Waals surface area contributed by atoms with Gasteiger partial charge in [-0.25, -0.2) is 39.9 Å². The Labute approximate surface area is 661 Å². The maximum atomic E-state index is 4.63. The molecule has 20 rings (SSSR count). The van der Waals surface area contributed by atoms with Crippen LogP contribution in [-0.2, 0) is 0 Å². The maximum Gasteiger partial charge on any atom is 0.0658 e. The van der Waals surface area contributed by atoms with E-state index in [9.17, 15) is 0 Å². The van der Waals surface area contributed by atoms with E-state index in [4.69, 9.17) is 0 Å². The molecule has 12 aromatic heterocycles. The Bertz CT molecular complexity index is 4710. The molecule has 460 valence electrons. The van der Waals surface area contributed by atoms with Gasteiger partial charge in [0.1, 0.15) is 0 Å². The predicted molar refractivity (Wildman–Crippen MR) is 418 cm³/mol. The van der Waals surface area contributed by atoms with E-state index in [2.05, 4.69) is 177 Å². The minimum Gasteiger partial charge on any atom is -0.355 e. The first-order chi connectivity index (χ1) is 47.2. The average molecular weight is 1330 g/mol. The topological polar surface area (TPSA) is 229 Å². The number of hydrogen-bond donors (Lipinski definition) is 8. The second kappa shape index (κ2) is 30.9. The van der Waals surface area contributed by atoms with Gasteiger partial charge in [0.05, 0.1) is 91.1 Å². The molecule has 0 fully saturated rings. The minimum absolute atomic E-state index is 0. The third-order valence-electron chi connectivity index (χ3n) is 16.2. The van der Waals surface area contributed by atoms with Gasteiger partial charge in [-0.3, -0.25) is 0 Å². The van der Waals surface area contributed by atoms with Crippen molar-refractivity contribution in [2.24, 2.45) is 0 Å². The smallest absolute Gasteiger partial charge is 0.0658 e. The molecule has 20 heteroatoms. The quantitative estimate of drug-likeness (QED) is 0.0679. The summed E-state index contributed by atoms with van der Waals surface area (Å²) in [5.41, 5.74) is 31.4. The molecular formula is C80H56N16Na4. The zero-order chi connectivity index (χ0) is 63.7. The van der Waals surface area contributed by atoms with Crippen LogP contribution < -0.4 is 0 Å². The van der Waals surface area contributed by atoms with E-state index in [1.165, 1.54) is 0 Å². The standard InChI is InChI=1S/4C20H14N4.4Na/c4*1-2-14-10-16-5-6-18(23-16)12-20-8-7-19(24-20)11-17-4-3-15(22-17)9-13(1)21-14;;;;/h4*1-12,21,24H;;;;. The van der Waals surface area contributed by atoms with Gasteiger partial charge in [0.25, 0.3) is 0 Å². The summed E-state index contributed by atoms with van der Waals surface area (Å²) in [6.07, 6.45) is 32.4. The van der Waals surface area contributed by atoms with Crippen LogP contribution in [0, 0.1) is 0 Å². The molecule has 0 aromatic carbocycles. The fraction of sp³-hybridized carbons (Fsp3) is 0. The molecule has 0 atom stereocenters. The Balaban J connectivity index is 0.000000118. The first-order valence-corrected chi connectivity index (χ1v) is 31.4. The molecule has 100 heavy (non-hydrogen) atoms. The molecule has 4 radical (unpaired) electrons. The Morgan fingerprint density at radius 2 is 0.190 bits per heavy atom. The van der Waals surface area contributed by atoms with Crippen LogP contribution in [0.4, 0.5) is 0 Å². The van der Waals surface area contributed by atoms with Crippen molar-refractivity contribution in [1.29, 1.82) is 0 Å². The fourth-order valence-electron chi connectivity index (χ4n) is 11.8. The summed E-state index contributed by atoms with van der Waals surface area (Å²) < 4.78 is 0. The monoisotopic (exact) mass is 1330 g/mol. The SMILES string of the molecule is C1=Cc2cc3ccc(cc4nc(cc5ccc(cc1n2)[nH]5)C=C4)[nH]3.C1=Cc2cc3ccc(cc4nc(cc5ccc(cc1n2)[nH]5)C=C4)[nH]3.C1=Cc2cc3ccc(cc4nc(cc5ccc(cc1n2)[nH]5)C=C4)[nH]3.C1=Cc2cc3ccc(cc4nc(cc5ccc(cc1n2)[nH]5)C=C4)[nH]3.[Na].[Na].[Na].[Na]. The van der Waals surface area contributed by atoms with Crippen LogP contribution in [0.3, 0.4) is 0 Å². The van der Waals surface area contributed by atoms with Gasteiger partial charge in [0, 0.05) is 206 Å². The van der Waals surface area contributed by atoms with Crippen molar-refractivity contribution in [2.75, 3.05) is 0 Å². The summed E-state index contributed by atoms with van der Waals surface area (Å²) in [5, 5.41) is 0. The number of nitrogens with one attached hydrogen (secondary N) is 8. The van der Waals surface area contributed by atoms with Crippen molar-refractivity contribution in [1.82, 2.24) is 79.7 Å². The molecule has 0 unspecified atom stereocenters.